The molecule has 0 aliphatic carbocycles. The van der Waals surface area contributed by atoms with Crippen LogP contribution in [0.5, 0.6) is 0 Å². The van der Waals surface area contributed by atoms with Gasteiger partial charge in [0, 0.05) is 18.7 Å². The number of likely N-dealkylation sites (N-methyl/N-ethyl adjacent to an activating group) is 2. The molecule has 0 saturated heterocycles. The van der Waals surface area contributed by atoms with E-state index in [9.17, 15) is 4.79 Å². The van der Waals surface area contributed by atoms with E-state index in [1.165, 1.54) is 0 Å². The van der Waals surface area contributed by atoms with Crippen molar-refractivity contribution in [2.45, 2.75) is 0 Å². The van der Waals surface area contributed by atoms with Crippen LogP contribution >= 0.6 is 23.2 Å². The number of ketones is 1. The Morgan fingerprint density at radius 2 is 2.06 bits per heavy atom. The second kappa shape index (κ2) is 6.97. The summed E-state index contributed by atoms with van der Waals surface area (Å²) in [5.74, 6) is 0.0437. The van der Waals surface area contributed by atoms with Gasteiger partial charge in [-0.05, 0) is 32.3 Å². The zero-order valence-electron chi connectivity index (χ0n) is 9.96. The van der Waals surface area contributed by atoms with Gasteiger partial charge < -0.3 is 5.32 Å². The Hall–Kier alpha value is -0.610. The molecule has 0 aliphatic rings. The molecule has 0 unspecified atom stereocenters. The normalized spacial score (nSPS) is 10.9. The van der Waals surface area contributed by atoms with Gasteiger partial charge in [0.25, 0.3) is 0 Å². The largest absolute Gasteiger partial charge is 0.318 e. The number of Topliss-reactive ketones (excluding diaryl/α,β-unsaturated/α-hetero) is 1. The summed E-state index contributed by atoms with van der Waals surface area (Å²) in [5, 5.41) is 3.91. The molecule has 1 aromatic rings. The fraction of sp³-hybridized carbons (Fsp3) is 0.417. The van der Waals surface area contributed by atoms with Crippen LogP contribution in [0.2, 0.25) is 10.0 Å². The minimum atomic E-state index is 0.0437. The van der Waals surface area contributed by atoms with Gasteiger partial charge in [-0.1, -0.05) is 23.2 Å². The maximum Gasteiger partial charge on any atom is 0.176 e. The quantitative estimate of drug-likeness (QED) is 0.809. The van der Waals surface area contributed by atoms with Crippen LogP contribution in [-0.4, -0.2) is 44.4 Å². The van der Waals surface area contributed by atoms with Crippen LogP contribution in [0.15, 0.2) is 18.2 Å². The first-order valence-electron chi connectivity index (χ1n) is 5.36. The Bertz CT molecular complexity index is 396. The predicted octanol–water partition coefficient (Wildman–Crippen LogP) is 2.33. The average Bonchev–Trinajstić information content (AvgIpc) is 2.30. The number of nitrogens with one attached hydrogen (secondary N) is 1. The number of benzene rings is 1. The molecule has 0 radical (unpaired) electrons. The van der Waals surface area contributed by atoms with Gasteiger partial charge in [-0.2, -0.15) is 0 Å². The molecule has 5 heteroatoms. The van der Waals surface area contributed by atoms with Gasteiger partial charge in [0.15, 0.2) is 5.78 Å². The molecule has 1 aromatic carbocycles. The van der Waals surface area contributed by atoms with E-state index in [1.54, 1.807) is 18.2 Å². The fourth-order valence-electron chi connectivity index (χ4n) is 1.39. The van der Waals surface area contributed by atoms with Gasteiger partial charge in [0.2, 0.25) is 0 Å². The second-order valence-electron chi connectivity index (χ2n) is 3.89. The van der Waals surface area contributed by atoms with Crippen molar-refractivity contribution in [3.05, 3.63) is 33.8 Å². The number of hydrogen-bond donors (Lipinski definition) is 1. The standard InChI is InChI=1S/C12H16Cl2N2O/c1-15-5-6-16(2)8-12(17)9-3-4-10(13)11(14)7-9/h3-4,7,15H,5-6,8H2,1-2H3. The number of hydrogen-bond acceptors (Lipinski definition) is 3. The lowest BCUT2D eigenvalue weighted by molar-refractivity contribution is 0.0947. The van der Waals surface area contributed by atoms with Crippen LogP contribution in [0.1, 0.15) is 10.4 Å². The first kappa shape index (κ1) is 14.5. The molecule has 0 amide bonds. The van der Waals surface area contributed by atoms with E-state index >= 15 is 0 Å². The maximum atomic E-state index is 11.9. The molecule has 3 nitrogen and oxygen atoms in total. The third-order valence-electron chi connectivity index (χ3n) is 2.40. The van der Waals surface area contributed by atoms with Crippen molar-refractivity contribution in [1.82, 2.24) is 10.2 Å². The van der Waals surface area contributed by atoms with E-state index in [4.69, 9.17) is 23.2 Å². The summed E-state index contributed by atoms with van der Waals surface area (Å²) >= 11 is 11.7. The van der Waals surface area contributed by atoms with Crippen LogP contribution in [0, 0.1) is 0 Å². The van der Waals surface area contributed by atoms with Crippen molar-refractivity contribution in [2.24, 2.45) is 0 Å². The summed E-state index contributed by atoms with van der Waals surface area (Å²) in [4.78, 5) is 13.9. The highest BCUT2D eigenvalue weighted by molar-refractivity contribution is 6.42. The lowest BCUT2D eigenvalue weighted by Gasteiger charge is -2.15. The Balaban J connectivity index is 2.60. The van der Waals surface area contributed by atoms with E-state index in [1.807, 2.05) is 19.0 Å². The molecule has 0 saturated carbocycles. The first-order valence-corrected chi connectivity index (χ1v) is 6.11. The van der Waals surface area contributed by atoms with Crippen LogP contribution in [0.3, 0.4) is 0 Å². The third-order valence-corrected chi connectivity index (χ3v) is 3.14. The van der Waals surface area contributed by atoms with Gasteiger partial charge in [-0.3, -0.25) is 9.69 Å². The molecule has 0 heterocycles. The molecule has 1 N–H and O–H groups in total. The molecule has 1 rings (SSSR count). The lowest BCUT2D eigenvalue weighted by atomic mass is 10.1. The van der Waals surface area contributed by atoms with E-state index < -0.39 is 0 Å². The number of carbonyl (C=O) groups is 1. The Kier molecular flexibility index (Phi) is 5.92. The molecule has 17 heavy (non-hydrogen) atoms. The van der Waals surface area contributed by atoms with Crippen molar-refractivity contribution in [2.75, 3.05) is 33.7 Å². The summed E-state index contributed by atoms with van der Waals surface area (Å²) < 4.78 is 0. The number of nitrogens with zero attached hydrogens (tertiary/aromatic N) is 1. The third kappa shape index (κ3) is 4.64. The van der Waals surface area contributed by atoms with Gasteiger partial charge in [-0.25, -0.2) is 0 Å². The number of halogens is 2. The SMILES string of the molecule is CNCCN(C)CC(=O)c1ccc(Cl)c(Cl)c1. The second-order valence-corrected chi connectivity index (χ2v) is 4.71. The van der Waals surface area contributed by atoms with Crippen LogP contribution in [0.4, 0.5) is 0 Å². The van der Waals surface area contributed by atoms with E-state index in [0.29, 0.717) is 22.2 Å². The number of rotatable bonds is 6. The summed E-state index contributed by atoms with van der Waals surface area (Å²) in [6.45, 7) is 2.05. The molecule has 0 bridgehead atoms. The zero-order chi connectivity index (χ0) is 12.8. The Morgan fingerprint density at radius 3 is 2.65 bits per heavy atom. The van der Waals surface area contributed by atoms with Gasteiger partial charge in [0.1, 0.15) is 0 Å². The van der Waals surface area contributed by atoms with Gasteiger partial charge >= 0.3 is 0 Å². The minimum Gasteiger partial charge on any atom is -0.318 e. The Labute approximate surface area is 112 Å². The van der Waals surface area contributed by atoms with E-state index in [2.05, 4.69) is 5.32 Å². The summed E-state index contributed by atoms with van der Waals surface area (Å²) in [6.07, 6.45) is 0. The lowest BCUT2D eigenvalue weighted by Crippen LogP contribution is -2.31. The maximum absolute atomic E-state index is 11.9. The zero-order valence-corrected chi connectivity index (χ0v) is 11.5. The molecular weight excluding hydrogens is 259 g/mol. The Morgan fingerprint density at radius 1 is 1.35 bits per heavy atom. The van der Waals surface area contributed by atoms with E-state index in [0.717, 1.165) is 13.1 Å². The smallest absolute Gasteiger partial charge is 0.176 e. The van der Waals surface area contributed by atoms with Crippen molar-refractivity contribution in [3.63, 3.8) is 0 Å². The van der Waals surface area contributed by atoms with E-state index in [-0.39, 0.29) is 5.78 Å². The van der Waals surface area contributed by atoms with Crippen molar-refractivity contribution in [3.8, 4) is 0 Å². The molecule has 94 valence electrons. The summed E-state index contributed by atoms with van der Waals surface area (Å²) in [6, 6.07) is 4.95. The highest BCUT2D eigenvalue weighted by Crippen LogP contribution is 2.22. The minimum absolute atomic E-state index is 0.0437. The molecule has 0 aromatic heterocycles. The van der Waals surface area contributed by atoms with Crippen molar-refractivity contribution < 1.29 is 4.79 Å². The van der Waals surface area contributed by atoms with Crippen LogP contribution in [-0.2, 0) is 0 Å². The monoisotopic (exact) mass is 274 g/mol. The van der Waals surface area contributed by atoms with Crippen LogP contribution < -0.4 is 5.32 Å². The average molecular weight is 275 g/mol. The van der Waals surface area contributed by atoms with Crippen molar-refractivity contribution in [1.29, 1.82) is 0 Å². The summed E-state index contributed by atoms with van der Waals surface area (Å²) in [7, 11) is 3.79. The molecule has 0 fully saturated rings. The van der Waals surface area contributed by atoms with Gasteiger partial charge in [0.05, 0.1) is 16.6 Å². The fourth-order valence-corrected chi connectivity index (χ4v) is 1.69. The first-order chi connectivity index (χ1) is 8.04. The van der Waals surface area contributed by atoms with Crippen molar-refractivity contribution >= 4 is 29.0 Å². The predicted molar refractivity (Wildman–Crippen MR) is 72.2 cm³/mol. The van der Waals surface area contributed by atoms with Gasteiger partial charge in [-0.15, -0.1) is 0 Å². The molecular formula is C12H16Cl2N2O. The molecule has 0 atom stereocenters. The molecule has 0 aliphatic heterocycles. The number of carbonyl (C=O) groups excluding carboxylic acids is 1. The summed E-state index contributed by atoms with van der Waals surface area (Å²) in [5.41, 5.74) is 0.593. The van der Waals surface area contributed by atoms with Crippen LogP contribution in [0.25, 0.3) is 0 Å². The topological polar surface area (TPSA) is 32.3 Å². The highest BCUT2D eigenvalue weighted by atomic mass is 35.5. The molecule has 0 spiro atoms. The highest BCUT2D eigenvalue weighted by Gasteiger charge is 2.10.